The first-order valence-corrected chi connectivity index (χ1v) is 10.3. The Balaban J connectivity index is 1.95. The molecule has 136 valence electrons. The van der Waals surface area contributed by atoms with Crippen LogP contribution in [0, 0.1) is 0 Å². The molecule has 2 heterocycles. The number of para-hydroxylation sites is 1. The van der Waals surface area contributed by atoms with Crippen LogP contribution in [0.3, 0.4) is 0 Å². The van der Waals surface area contributed by atoms with Gasteiger partial charge in [-0.15, -0.1) is 0 Å². The van der Waals surface area contributed by atoms with Crippen molar-refractivity contribution in [2.75, 3.05) is 6.54 Å². The molecule has 5 nitrogen and oxygen atoms in total. The Kier molecular flexibility index (Phi) is 4.25. The largest absolute Gasteiger partial charge is 0.494 e. The second-order valence-corrected chi connectivity index (χ2v) is 8.62. The number of rotatable bonds is 4. The van der Waals surface area contributed by atoms with Gasteiger partial charge in [-0.3, -0.25) is 0 Å². The number of aromatic hydroxyl groups is 1. The van der Waals surface area contributed by atoms with Crippen molar-refractivity contribution in [3.8, 4) is 5.88 Å². The molecule has 2 aromatic carbocycles. The van der Waals surface area contributed by atoms with Gasteiger partial charge >= 0.3 is 0 Å². The van der Waals surface area contributed by atoms with Gasteiger partial charge in [0.1, 0.15) is 0 Å². The highest BCUT2D eigenvalue weighted by Gasteiger charge is 2.32. The minimum absolute atomic E-state index is 0.00891. The molecule has 0 aliphatic carbocycles. The van der Waals surface area contributed by atoms with E-state index in [1.54, 1.807) is 42.5 Å². The molecule has 1 aliphatic heterocycles. The molecule has 0 spiro atoms. The van der Waals surface area contributed by atoms with E-state index in [1.165, 1.54) is 0 Å². The molecule has 1 fully saturated rings. The Morgan fingerprint density at radius 2 is 1.81 bits per heavy atom. The SMILES string of the molecule is CC(c1c(O)n(S(=O)(=O)c2ccccc2)c2ccccc12)C1CCCN1. The molecule has 2 N–H and O–H groups in total. The lowest BCUT2D eigenvalue weighted by molar-refractivity contribution is 0.425. The summed E-state index contributed by atoms with van der Waals surface area (Å²) in [6.45, 7) is 3.00. The van der Waals surface area contributed by atoms with Crippen molar-refractivity contribution < 1.29 is 13.5 Å². The zero-order valence-electron chi connectivity index (χ0n) is 14.6. The molecule has 0 radical (unpaired) electrons. The summed E-state index contributed by atoms with van der Waals surface area (Å²) in [5, 5.41) is 15.2. The van der Waals surface area contributed by atoms with Crippen molar-refractivity contribution in [2.45, 2.75) is 36.6 Å². The van der Waals surface area contributed by atoms with Gasteiger partial charge in [-0.2, -0.15) is 0 Å². The Labute approximate surface area is 153 Å². The third-order valence-corrected chi connectivity index (χ3v) is 7.00. The van der Waals surface area contributed by atoms with E-state index in [0.29, 0.717) is 11.1 Å². The molecule has 2 unspecified atom stereocenters. The summed E-state index contributed by atoms with van der Waals surface area (Å²) >= 11 is 0. The van der Waals surface area contributed by atoms with Crippen LogP contribution in [0.2, 0.25) is 0 Å². The normalized spacial score (nSPS) is 19.0. The molecule has 0 amide bonds. The van der Waals surface area contributed by atoms with Gasteiger partial charge < -0.3 is 10.4 Å². The molecular formula is C20H22N2O3S. The first-order valence-electron chi connectivity index (χ1n) is 8.88. The Morgan fingerprint density at radius 3 is 2.50 bits per heavy atom. The minimum atomic E-state index is -3.89. The third kappa shape index (κ3) is 2.61. The lowest BCUT2D eigenvalue weighted by Gasteiger charge is -2.19. The fourth-order valence-electron chi connectivity index (χ4n) is 3.95. The molecule has 1 aromatic heterocycles. The molecule has 1 saturated heterocycles. The summed E-state index contributed by atoms with van der Waals surface area (Å²) in [5.41, 5.74) is 1.20. The van der Waals surface area contributed by atoms with Gasteiger partial charge in [0, 0.05) is 22.9 Å². The molecule has 0 saturated carbocycles. The second kappa shape index (κ2) is 6.45. The third-order valence-electron chi connectivity index (χ3n) is 5.29. The van der Waals surface area contributed by atoms with Crippen LogP contribution in [0.15, 0.2) is 59.5 Å². The number of hydrogen-bond acceptors (Lipinski definition) is 4. The Bertz CT molecular complexity index is 1040. The number of fused-ring (bicyclic) bond motifs is 1. The van der Waals surface area contributed by atoms with Crippen LogP contribution in [0.25, 0.3) is 10.9 Å². The van der Waals surface area contributed by atoms with Crippen molar-refractivity contribution in [1.82, 2.24) is 9.29 Å². The summed E-state index contributed by atoms with van der Waals surface area (Å²) in [4.78, 5) is 0.161. The smallest absolute Gasteiger partial charge is 0.271 e. The number of aromatic nitrogens is 1. The lowest BCUT2D eigenvalue weighted by atomic mass is 9.91. The van der Waals surface area contributed by atoms with E-state index < -0.39 is 10.0 Å². The van der Waals surface area contributed by atoms with E-state index in [1.807, 2.05) is 19.1 Å². The molecule has 3 aromatic rings. The van der Waals surface area contributed by atoms with Crippen LogP contribution in [0.1, 0.15) is 31.2 Å². The summed E-state index contributed by atoms with van der Waals surface area (Å²) in [6, 6.07) is 15.8. The van der Waals surface area contributed by atoms with Gasteiger partial charge in [0.15, 0.2) is 0 Å². The summed E-state index contributed by atoms with van der Waals surface area (Å²) in [7, 11) is -3.89. The standard InChI is InChI=1S/C20H22N2O3S/c1-14(17-11-7-13-21-17)19-16-10-5-6-12-18(16)22(20(19)23)26(24,25)15-8-3-2-4-9-15/h2-6,8-10,12,14,17,21,23H,7,11,13H2,1H3. The zero-order valence-corrected chi connectivity index (χ0v) is 15.4. The first kappa shape index (κ1) is 17.1. The average Bonchev–Trinajstić information content (AvgIpc) is 3.28. The summed E-state index contributed by atoms with van der Waals surface area (Å²) in [6.07, 6.45) is 2.11. The predicted molar refractivity (Wildman–Crippen MR) is 102 cm³/mol. The first-order chi connectivity index (χ1) is 12.5. The molecule has 26 heavy (non-hydrogen) atoms. The highest BCUT2D eigenvalue weighted by atomic mass is 32.2. The van der Waals surface area contributed by atoms with E-state index >= 15 is 0 Å². The van der Waals surface area contributed by atoms with Gasteiger partial charge in [-0.25, -0.2) is 12.4 Å². The van der Waals surface area contributed by atoms with E-state index in [9.17, 15) is 13.5 Å². The van der Waals surface area contributed by atoms with Crippen LogP contribution < -0.4 is 5.32 Å². The minimum Gasteiger partial charge on any atom is -0.494 e. The van der Waals surface area contributed by atoms with Crippen molar-refractivity contribution in [3.05, 3.63) is 60.2 Å². The number of hydrogen-bond donors (Lipinski definition) is 2. The second-order valence-electron chi connectivity index (χ2n) is 6.83. The van der Waals surface area contributed by atoms with Crippen LogP contribution in [-0.4, -0.2) is 30.1 Å². The molecular weight excluding hydrogens is 348 g/mol. The maximum absolute atomic E-state index is 13.2. The quantitative estimate of drug-likeness (QED) is 0.738. The maximum Gasteiger partial charge on any atom is 0.271 e. The number of benzene rings is 2. The van der Waals surface area contributed by atoms with Gasteiger partial charge in [-0.1, -0.05) is 43.3 Å². The zero-order chi connectivity index (χ0) is 18.3. The summed E-state index contributed by atoms with van der Waals surface area (Å²) in [5.74, 6) is -0.175. The van der Waals surface area contributed by atoms with Gasteiger partial charge in [0.25, 0.3) is 10.0 Å². The molecule has 4 rings (SSSR count). The van der Waals surface area contributed by atoms with E-state index in [4.69, 9.17) is 0 Å². The molecule has 6 heteroatoms. The van der Waals surface area contributed by atoms with E-state index in [0.717, 1.165) is 28.7 Å². The monoisotopic (exact) mass is 370 g/mol. The van der Waals surface area contributed by atoms with E-state index in [-0.39, 0.29) is 22.7 Å². The van der Waals surface area contributed by atoms with Crippen LogP contribution in [-0.2, 0) is 10.0 Å². The Hall–Kier alpha value is -2.31. The van der Waals surface area contributed by atoms with Gasteiger partial charge in [0.05, 0.1) is 10.4 Å². The fraction of sp³-hybridized carbons (Fsp3) is 0.300. The van der Waals surface area contributed by atoms with Gasteiger partial charge in [-0.05, 0) is 37.6 Å². The Morgan fingerprint density at radius 1 is 1.12 bits per heavy atom. The van der Waals surface area contributed by atoms with Crippen LogP contribution in [0.4, 0.5) is 0 Å². The molecule has 0 bridgehead atoms. The fourth-order valence-corrected chi connectivity index (χ4v) is 5.41. The van der Waals surface area contributed by atoms with E-state index in [2.05, 4.69) is 5.32 Å². The highest BCUT2D eigenvalue weighted by Crippen LogP contribution is 2.41. The summed E-state index contributed by atoms with van der Waals surface area (Å²) < 4.78 is 27.5. The maximum atomic E-state index is 13.2. The van der Waals surface area contributed by atoms with Crippen LogP contribution >= 0.6 is 0 Å². The lowest BCUT2D eigenvalue weighted by Crippen LogP contribution is -2.27. The number of nitrogens with one attached hydrogen (secondary N) is 1. The topological polar surface area (TPSA) is 71.3 Å². The number of nitrogens with zero attached hydrogens (tertiary/aromatic N) is 1. The van der Waals surface area contributed by atoms with Crippen molar-refractivity contribution in [1.29, 1.82) is 0 Å². The van der Waals surface area contributed by atoms with Crippen molar-refractivity contribution in [3.63, 3.8) is 0 Å². The molecule has 1 aliphatic rings. The molecule has 2 atom stereocenters. The van der Waals surface area contributed by atoms with Gasteiger partial charge in [0.2, 0.25) is 5.88 Å². The highest BCUT2D eigenvalue weighted by molar-refractivity contribution is 7.90. The van der Waals surface area contributed by atoms with Crippen molar-refractivity contribution >= 4 is 20.9 Å². The van der Waals surface area contributed by atoms with Crippen molar-refractivity contribution in [2.24, 2.45) is 0 Å². The van der Waals surface area contributed by atoms with Crippen LogP contribution in [0.5, 0.6) is 5.88 Å². The predicted octanol–water partition coefficient (Wildman–Crippen LogP) is 3.44. The average molecular weight is 370 g/mol.